The third-order valence-corrected chi connectivity index (χ3v) is 4.16. The summed E-state index contributed by atoms with van der Waals surface area (Å²) in [4.78, 5) is 14.2. The van der Waals surface area contributed by atoms with Gasteiger partial charge in [-0.05, 0) is 31.4 Å². The first-order valence-electron chi connectivity index (χ1n) is 7.80. The predicted octanol–water partition coefficient (Wildman–Crippen LogP) is 2.28. The minimum Gasteiger partial charge on any atom is -0.375 e. The number of hydrogen-bond acceptors (Lipinski definition) is 3. The summed E-state index contributed by atoms with van der Waals surface area (Å²) in [5, 5.41) is 3.34. The Morgan fingerprint density at radius 2 is 2.24 bits per heavy atom. The third kappa shape index (κ3) is 4.29. The summed E-state index contributed by atoms with van der Waals surface area (Å²) >= 11 is 0. The van der Waals surface area contributed by atoms with Crippen LogP contribution in [0.4, 0.5) is 0 Å². The molecule has 116 valence electrons. The number of morpholine rings is 1. The van der Waals surface area contributed by atoms with E-state index in [0.717, 1.165) is 13.0 Å². The highest BCUT2D eigenvalue weighted by atomic mass is 16.5. The standard InChI is InChI=1S/C17H26N2O2/c1-4-15-12-19(9-10-21-15)17(20)11-18-14(3)16-8-6-5-7-13(16)2/h5-8,14-15,18H,4,9-12H2,1-3H3. The van der Waals surface area contributed by atoms with E-state index >= 15 is 0 Å². The normalized spacial score (nSPS) is 20.3. The average Bonchev–Trinajstić information content (AvgIpc) is 2.52. The maximum absolute atomic E-state index is 12.3. The first kappa shape index (κ1) is 16.0. The van der Waals surface area contributed by atoms with E-state index in [0.29, 0.717) is 19.7 Å². The molecule has 21 heavy (non-hydrogen) atoms. The van der Waals surface area contributed by atoms with Crippen LogP contribution in [0.2, 0.25) is 0 Å². The zero-order chi connectivity index (χ0) is 15.2. The molecule has 1 fully saturated rings. The molecule has 0 bridgehead atoms. The van der Waals surface area contributed by atoms with E-state index < -0.39 is 0 Å². The van der Waals surface area contributed by atoms with Crippen LogP contribution in [0.15, 0.2) is 24.3 Å². The van der Waals surface area contributed by atoms with Gasteiger partial charge in [0.1, 0.15) is 0 Å². The van der Waals surface area contributed by atoms with Crippen molar-refractivity contribution in [2.24, 2.45) is 0 Å². The Labute approximate surface area is 127 Å². The number of hydrogen-bond donors (Lipinski definition) is 1. The fourth-order valence-corrected chi connectivity index (χ4v) is 2.73. The average molecular weight is 290 g/mol. The number of rotatable bonds is 5. The Kier molecular flexibility index (Phi) is 5.76. The molecule has 0 aliphatic carbocycles. The van der Waals surface area contributed by atoms with Gasteiger partial charge in [0.2, 0.25) is 5.91 Å². The van der Waals surface area contributed by atoms with Gasteiger partial charge in [-0.1, -0.05) is 31.2 Å². The first-order chi connectivity index (χ1) is 10.1. The first-order valence-corrected chi connectivity index (χ1v) is 7.80. The van der Waals surface area contributed by atoms with Gasteiger partial charge >= 0.3 is 0 Å². The lowest BCUT2D eigenvalue weighted by atomic mass is 10.0. The molecule has 2 unspecified atom stereocenters. The van der Waals surface area contributed by atoms with Crippen molar-refractivity contribution in [2.45, 2.75) is 39.3 Å². The van der Waals surface area contributed by atoms with Gasteiger partial charge < -0.3 is 15.0 Å². The van der Waals surface area contributed by atoms with E-state index in [1.807, 2.05) is 17.0 Å². The summed E-state index contributed by atoms with van der Waals surface area (Å²) in [6, 6.07) is 8.46. The Hall–Kier alpha value is -1.39. The van der Waals surface area contributed by atoms with Crippen LogP contribution in [0, 0.1) is 6.92 Å². The zero-order valence-electron chi connectivity index (χ0n) is 13.3. The van der Waals surface area contributed by atoms with E-state index in [1.54, 1.807) is 0 Å². The number of benzene rings is 1. The van der Waals surface area contributed by atoms with Crippen molar-refractivity contribution < 1.29 is 9.53 Å². The van der Waals surface area contributed by atoms with Crippen LogP contribution in [-0.4, -0.2) is 43.2 Å². The van der Waals surface area contributed by atoms with E-state index in [4.69, 9.17) is 4.74 Å². The van der Waals surface area contributed by atoms with Gasteiger partial charge in [0.25, 0.3) is 0 Å². The lowest BCUT2D eigenvalue weighted by molar-refractivity contribution is -0.138. The van der Waals surface area contributed by atoms with E-state index in [1.165, 1.54) is 11.1 Å². The van der Waals surface area contributed by atoms with Crippen LogP contribution < -0.4 is 5.32 Å². The van der Waals surface area contributed by atoms with E-state index in [-0.39, 0.29) is 18.1 Å². The van der Waals surface area contributed by atoms with Crippen molar-refractivity contribution in [1.82, 2.24) is 10.2 Å². The molecule has 4 nitrogen and oxygen atoms in total. The maximum atomic E-state index is 12.3. The third-order valence-electron chi connectivity index (χ3n) is 4.16. The van der Waals surface area contributed by atoms with Crippen molar-refractivity contribution in [3.05, 3.63) is 35.4 Å². The van der Waals surface area contributed by atoms with Crippen molar-refractivity contribution in [3.8, 4) is 0 Å². The molecule has 1 saturated heterocycles. The minimum absolute atomic E-state index is 0.164. The van der Waals surface area contributed by atoms with Crippen molar-refractivity contribution in [1.29, 1.82) is 0 Å². The summed E-state index contributed by atoms with van der Waals surface area (Å²) in [5.41, 5.74) is 2.50. The monoisotopic (exact) mass is 290 g/mol. The van der Waals surface area contributed by atoms with Crippen LogP contribution in [0.5, 0.6) is 0 Å². The lowest BCUT2D eigenvalue weighted by Gasteiger charge is -2.33. The van der Waals surface area contributed by atoms with Crippen molar-refractivity contribution in [3.63, 3.8) is 0 Å². The second-order valence-electron chi connectivity index (χ2n) is 5.70. The van der Waals surface area contributed by atoms with Crippen molar-refractivity contribution in [2.75, 3.05) is 26.2 Å². The number of nitrogens with one attached hydrogen (secondary N) is 1. The quantitative estimate of drug-likeness (QED) is 0.904. The van der Waals surface area contributed by atoms with E-state index in [9.17, 15) is 4.79 Å². The van der Waals surface area contributed by atoms with Crippen LogP contribution in [0.25, 0.3) is 0 Å². The van der Waals surface area contributed by atoms with Gasteiger partial charge in [-0.3, -0.25) is 4.79 Å². The number of nitrogens with zero attached hydrogens (tertiary/aromatic N) is 1. The highest BCUT2D eigenvalue weighted by Gasteiger charge is 2.23. The molecule has 1 N–H and O–H groups in total. The fourth-order valence-electron chi connectivity index (χ4n) is 2.73. The molecule has 2 atom stereocenters. The maximum Gasteiger partial charge on any atom is 0.236 e. The molecule has 0 aromatic heterocycles. The molecule has 1 aromatic rings. The summed E-state index contributed by atoms with van der Waals surface area (Å²) in [5.74, 6) is 0.164. The SMILES string of the molecule is CCC1CN(C(=O)CNC(C)c2ccccc2C)CCO1. The van der Waals surface area contributed by atoms with Gasteiger partial charge in [-0.15, -0.1) is 0 Å². The molecule has 1 aliphatic rings. The second kappa shape index (κ2) is 7.57. The Balaban J connectivity index is 1.85. The zero-order valence-corrected chi connectivity index (χ0v) is 13.3. The van der Waals surface area contributed by atoms with Crippen LogP contribution in [0.3, 0.4) is 0 Å². The smallest absolute Gasteiger partial charge is 0.236 e. The van der Waals surface area contributed by atoms with Crippen LogP contribution >= 0.6 is 0 Å². The largest absolute Gasteiger partial charge is 0.375 e. The van der Waals surface area contributed by atoms with Gasteiger partial charge in [0, 0.05) is 19.1 Å². The summed E-state index contributed by atoms with van der Waals surface area (Å²) in [6.45, 7) is 8.75. The Bertz CT molecular complexity index is 476. The molecule has 4 heteroatoms. The molecule has 1 heterocycles. The number of amides is 1. The van der Waals surface area contributed by atoms with E-state index in [2.05, 4.69) is 38.2 Å². The minimum atomic E-state index is 0.164. The summed E-state index contributed by atoms with van der Waals surface area (Å²) in [6.07, 6.45) is 1.15. The Morgan fingerprint density at radius 3 is 2.95 bits per heavy atom. The second-order valence-corrected chi connectivity index (χ2v) is 5.70. The summed E-state index contributed by atoms with van der Waals surface area (Å²) in [7, 11) is 0. The Morgan fingerprint density at radius 1 is 1.48 bits per heavy atom. The molecular formula is C17H26N2O2. The van der Waals surface area contributed by atoms with Crippen molar-refractivity contribution >= 4 is 5.91 Å². The van der Waals surface area contributed by atoms with Gasteiger partial charge in [0.15, 0.2) is 0 Å². The number of ether oxygens (including phenoxy) is 1. The molecule has 1 aromatic carbocycles. The molecule has 1 aliphatic heterocycles. The molecular weight excluding hydrogens is 264 g/mol. The molecule has 1 amide bonds. The number of carbonyl (C=O) groups excluding carboxylic acids is 1. The molecule has 0 radical (unpaired) electrons. The highest BCUT2D eigenvalue weighted by Crippen LogP contribution is 2.16. The molecule has 2 rings (SSSR count). The van der Waals surface area contributed by atoms with Gasteiger partial charge in [-0.25, -0.2) is 0 Å². The number of carbonyl (C=O) groups is 1. The summed E-state index contributed by atoms with van der Waals surface area (Å²) < 4.78 is 5.60. The van der Waals surface area contributed by atoms with Crippen LogP contribution in [-0.2, 0) is 9.53 Å². The molecule has 0 saturated carbocycles. The molecule has 0 spiro atoms. The number of aryl methyl sites for hydroxylation is 1. The predicted molar refractivity (Wildman–Crippen MR) is 84.2 cm³/mol. The topological polar surface area (TPSA) is 41.6 Å². The van der Waals surface area contributed by atoms with Gasteiger partial charge in [-0.2, -0.15) is 0 Å². The van der Waals surface area contributed by atoms with Crippen LogP contribution in [0.1, 0.15) is 37.4 Å². The fraction of sp³-hybridized carbons (Fsp3) is 0.588. The highest BCUT2D eigenvalue weighted by molar-refractivity contribution is 5.78. The lowest BCUT2D eigenvalue weighted by Crippen LogP contribution is -2.48. The van der Waals surface area contributed by atoms with Gasteiger partial charge in [0.05, 0.1) is 19.3 Å².